The number of ether oxygens (including phenoxy) is 2. The SMILES string of the molecule is CCNC(=NCCc1ccc(OC)c(OC(F)F)c1)N1CCN(Cc2ccon2)CC1. The number of benzene rings is 1. The monoisotopic (exact) mass is 437 g/mol. The van der Waals surface area contributed by atoms with E-state index < -0.39 is 6.61 Å². The maximum Gasteiger partial charge on any atom is 0.387 e. The molecule has 1 aliphatic heterocycles. The van der Waals surface area contributed by atoms with Crippen molar-refractivity contribution in [2.45, 2.75) is 26.5 Å². The second-order valence-corrected chi connectivity index (χ2v) is 7.10. The first-order valence-electron chi connectivity index (χ1n) is 10.4. The maximum atomic E-state index is 12.6. The number of guanidine groups is 1. The number of nitrogens with one attached hydrogen (secondary N) is 1. The van der Waals surface area contributed by atoms with E-state index in [0.717, 1.165) is 56.5 Å². The zero-order valence-electron chi connectivity index (χ0n) is 17.9. The van der Waals surface area contributed by atoms with Crippen LogP contribution in [-0.4, -0.2) is 73.9 Å². The van der Waals surface area contributed by atoms with Gasteiger partial charge in [0.1, 0.15) is 6.26 Å². The Kier molecular flexibility index (Phi) is 8.45. The molecule has 0 radical (unpaired) electrons. The first-order chi connectivity index (χ1) is 15.1. The first kappa shape index (κ1) is 22.8. The minimum Gasteiger partial charge on any atom is -0.493 e. The molecule has 31 heavy (non-hydrogen) atoms. The molecule has 0 amide bonds. The summed E-state index contributed by atoms with van der Waals surface area (Å²) in [6, 6.07) is 6.93. The van der Waals surface area contributed by atoms with Crippen LogP contribution in [0.1, 0.15) is 18.2 Å². The Labute approximate surface area is 180 Å². The maximum absolute atomic E-state index is 12.6. The summed E-state index contributed by atoms with van der Waals surface area (Å²) >= 11 is 0. The molecule has 170 valence electrons. The van der Waals surface area contributed by atoms with Gasteiger partial charge in [0.15, 0.2) is 17.5 Å². The van der Waals surface area contributed by atoms with Crippen LogP contribution in [0.3, 0.4) is 0 Å². The van der Waals surface area contributed by atoms with Crippen LogP contribution in [0.5, 0.6) is 11.5 Å². The molecule has 0 aliphatic carbocycles. The van der Waals surface area contributed by atoms with Gasteiger partial charge in [0, 0.05) is 51.9 Å². The van der Waals surface area contributed by atoms with E-state index in [9.17, 15) is 8.78 Å². The summed E-state index contributed by atoms with van der Waals surface area (Å²) in [4.78, 5) is 9.30. The lowest BCUT2D eigenvalue weighted by Gasteiger charge is -2.36. The Hall–Kier alpha value is -2.88. The van der Waals surface area contributed by atoms with E-state index in [1.807, 2.05) is 19.1 Å². The van der Waals surface area contributed by atoms with Crippen LogP contribution in [0.25, 0.3) is 0 Å². The Morgan fingerprint density at radius 2 is 2.03 bits per heavy atom. The van der Waals surface area contributed by atoms with Gasteiger partial charge in [-0.3, -0.25) is 9.89 Å². The van der Waals surface area contributed by atoms with E-state index in [-0.39, 0.29) is 11.5 Å². The number of methoxy groups -OCH3 is 1. The molecule has 1 N–H and O–H groups in total. The lowest BCUT2D eigenvalue weighted by atomic mass is 10.1. The molecule has 1 fully saturated rings. The number of hydrogen-bond acceptors (Lipinski definition) is 6. The minimum atomic E-state index is -2.90. The van der Waals surface area contributed by atoms with Crippen molar-refractivity contribution in [2.24, 2.45) is 4.99 Å². The largest absolute Gasteiger partial charge is 0.493 e. The summed E-state index contributed by atoms with van der Waals surface area (Å²) in [5.41, 5.74) is 1.79. The average Bonchev–Trinajstić information content (AvgIpc) is 3.27. The van der Waals surface area contributed by atoms with Gasteiger partial charge in [-0.25, -0.2) is 0 Å². The number of halogens is 2. The van der Waals surface area contributed by atoms with Crippen molar-refractivity contribution in [1.82, 2.24) is 20.3 Å². The third-order valence-corrected chi connectivity index (χ3v) is 4.99. The highest BCUT2D eigenvalue weighted by molar-refractivity contribution is 5.80. The van der Waals surface area contributed by atoms with Crippen molar-refractivity contribution in [1.29, 1.82) is 0 Å². The highest BCUT2D eigenvalue weighted by Gasteiger charge is 2.20. The van der Waals surface area contributed by atoms with Crippen LogP contribution < -0.4 is 14.8 Å². The van der Waals surface area contributed by atoms with Crippen LogP contribution in [0.2, 0.25) is 0 Å². The molecule has 1 aromatic heterocycles. The van der Waals surface area contributed by atoms with Crippen molar-refractivity contribution in [3.05, 3.63) is 41.8 Å². The summed E-state index contributed by atoms with van der Waals surface area (Å²) in [6.07, 6.45) is 2.19. The van der Waals surface area contributed by atoms with Crippen LogP contribution >= 0.6 is 0 Å². The van der Waals surface area contributed by atoms with E-state index in [1.54, 1.807) is 18.4 Å². The smallest absolute Gasteiger partial charge is 0.387 e. The second-order valence-electron chi connectivity index (χ2n) is 7.10. The van der Waals surface area contributed by atoms with Gasteiger partial charge in [-0.05, 0) is 31.0 Å². The predicted octanol–water partition coefficient (Wildman–Crippen LogP) is 2.61. The van der Waals surface area contributed by atoms with Gasteiger partial charge in [0.25, 0.3) is 0 Å². The number of rotatable bonds is 9. The van der Waals surface area contributed by atoms with E-state index in [0.29, 0.717) is 13.0 Å². The fraction of sp³-hybridized carbons (Fsp3) is 0.524. The molecule has 8 nitrogen and oxygen atoms in total. The molecule has 0 spiro atoms. The number of aliphatic imine (C=N–C) groups is 1. The van der Waals surface area contributed by atoms with Gasteiger partial charge in [0.05, 0.1) is 12.8 Å². The molecule has 3 rings (SSSR count). The predicted molar refractivity (Wildman–Crippen MR) is 113 cm³/mol. The first-order valence-corrected chi connectivity index (χ1v) is 10.4. The highest BCUT2D eigenvalue weighted by atomic mass is 19.3. The molecule has 10 heteroatoms. The van der Waals surface area contributed by atoms with E-state index in [4.69, 9.17) is 14.3 Å². The summed E-state index contributed by atoms with van der Waals surface area (Å²) in [5, 5.41) is 7.31. The lowest BCUT2D eigenvalue weighted by molar-refractivity contribution is -0.0512. The minimum absolute atomic E-state index is 0.0362. The third kappa shape index (κ3) is 6.81. The normalized spacial score (nSPS) is 15.4. The van der Waals surface area contributed by atoms with E-state index in [2.05, 4.69) is 25.0 Å². The van der Waals surface area contributed by atoms with E-state index >= 15 is 0 Å². The molecule has 0 atom stereocenters. The van der Waals surface area contributed by atoms with Crippen molar-refractivity contribution in [3.63, 3.8) is 0 Å². The lowest BCUT2D eigenvalue weighted by Crippen LogP contribution is -2.52. The van der Waals surface area contributed by atoms with Gasteiger partial charge in [-0.2, -0.15) is 8.78 Å². The summed E-state index contributed by atoms with van der Waals surface area (Å²) in [7, 11) is 1.42. The number of piperazine rings is 1. The second kappa shape index (κ2) is 11.5. The van der Waals surface area contributed by atoms with Gasteiger partial charge in [-0.15, -0.1) is 0 Å². The molecule has 1 aromatic carbocycles. The van der Waals surface area contributed by atoms with Crippen molar-refractivity contribution in [3.8, 4) is 11.5 Å². The molecular weight excluding hydrogens is 408 g/mol. The number of nitrogens with zero attached hydrogens (tertiary/aromatic N) is 4. The average molecular weight is 437 g/mol. The van der Waals surface area contributed by atoms with Crippen LogP contribution in [0.4, 0.5) is 8.78 Å². The zero-order valence-corrected chi connectivity index (χ0v) is 17.9. The highest BCUT2D eigenvalue weighted by Crippen LogP contribution is 2.29. The van der Waals surface area contributed by atoms with Gasteiger partial charge < -0.3 is 24.2 Å². The zero-order chi connectivity index (χ0) is 22.1. The van der Waals surface area contributed by atoms with Crippen molar-refractivity contribution in [2.75, 3.05) is 46.4 Å². The van der Waals surface area contributed by atoms with Crippen molar-refractivity contribution < 1.29 is 22.8 Å². The number of hydrogen-bond donors (Lipinski definition) is 1. The fourth-order valence-electron chi connectivity index (χ4n) is 3.45. The molecule has 2 aromatic rings. The molecular formula is C21H29F2N5O3. The Bertz CT molecular complexity index is 824. The van der Waals surface area contributed by atoms with Gasteiger partial charge in [-0.1, -0.05) is 11.2 Å². The standard InChI is InChI=1S/C21H29F2N5O3/c1-3-24-21(28-11-9-27(10-12-28)15-17-7-13-30-26-17)25-8-6-16-4-5-18(29-2)19(14-16)31-20(22)23/h4-5,7,13-14,20H,3,6,8-12,15H2,1-2H3,(H,24,25). The Balaban J connectivity index is 1.55. The fourth-order valence-corrected chi connectivity index (χ4v) is 3.45. The molecule has 1 aliphatic rings. The summed E-state index contributed by atoms with van der Waals surface area (Å²) in [5.74, 6) is 1.18. The number of alkyl halides is 2. The van der Waals surface area contributed by atoms with Crippen LogP contribution in [0.15, 0.2) is 40.0 Å². The third-order valence-electron chi connectivity index (χ3n) is 4.99. The van der Waals surface area contributed by atoms with Crippen molar-refractivity contribution >= 4 is 5.96 Å². The van der Waals surface area contributed by atoms with Gasteiger partial charge >= 0.3 is 6.61 Å². The molecule has 2 heterocycles. The molecule has 0 saturated carbocycles. The summed E-state index contributed by atoms with van der Waals surface area (Å²) < 4.78 is 39.8. The van der Waals surface area contributed by atoms with E-state index in [1.165, 1.54) is 7.11 Å². The Morgan fingerprint density at radius 3 is 2.68 bits per heavy atom. The van der Waals surface area contributed by atoms with Crippen LogP contribution in [-0.2, 0) is 13.0 Å². The number of aromatic nitrogens is 1. The van der Waals surface area contributed by atoms with Crippen LogP contribution in [0, 0.1) is 0 Å². The quantitative estimate of drug-likeness (QED) is 0.477. The molecule has 0 unspecified atom stereocenters. The topological polar surface area (TPSA) is 75.4 Å². The molecule has 0 bridgehead atoms. The Morgan fingerprint density at radius 1 is 1.23 bits per heavy atom. The molecule has 1 saturated heterocycles. The van der Waals surface area contributed by atoms with Gasteiger partial charge in [0.2, 0.25) is 0 Å². The summed E-state index contributed by atoms with van der Waals surface area (Å²) in [6.45, 7) is 4.75.